The first-order valence-corrected chi connectivity index (χ1v) is 10.3. The highest BCUT2D eigenvalue weighted by Crippen LogP contribution is 2.33. The van der Waals surface area contributed by atoms with Crippen molar-refractivity contribution < 1.29 is 9.47 Å². The number of nitrogens with one attached hydrogen (secondary N) is 2. The van der Waals surface area contributed by atoms with E-state index >= 15 is 0 Å². The molecule has 3 aromatic rings. The largest absolute Gasteiger partial charge is 0.490 e. The minimum atomic E-state index is -0.564. The van der Waals surface area contributed by atoms with E-state index in [4.69, 9.17) is 21.1 Å². The molecule has 8 nitrogen and oxygen atoms in total. The van der Waals surface area contributed by atoms with Crippen LogP contribution in [0.25, 0.3) is 11.3 Å². The number of ether oxygens (including phenoxy) is 2. The minimum Gasteiger partial charge on any atom is -0.490 e. The number of H-pyrrole nitrogens is 1. The van der Waals surface area contributed by atoms with Crippen LogP contribution in [0.4, 0.5) is 5.95 Å². The summed E-state index contributed by atoms with van der Waals surface area (Å²) < 4.78 is 11.4. The number of rotatable bonds is 8. The second kappa shape index (κ2) is 10.5. The highest BCUT2D eigenvalue weighted by Gasteiger charge is 2.14. The van der Waals surface area contributed by atoms with Crippen molar-refractivity contribution in [3.63, 3.8) is 0 Å². The molecule has 0 spiro atoms. The van der Waals surface area contributed by atoms with Crippen LogP contribution in [-0.4, -0.2) is 28.9 Å². The maximum atomic E-state index is 12.3. The van der Waals surface area contributed by atoms with Crippen molar-refractivity contribution in [3.05, 3.63) is 69.0 Å². The van der Waals surface area contributed by atoms with Gasteiger partial charge in [-0.25, -0.2) is 10.4 Å². The molecule has 0 saturated heterocycles. The third-order valence-corrected chi connectivity index (χ3v) is 4.51. The molecule has 32 heavy (non-hydrogen) atoms. The number of nitriles is 1. The van der Waals surface area contributed by atoms with Crippen LogP contribution in [0.5, 0.6) is 11.5 Å². The van der Waals surface area contributed by atoms with Crippen LogP contribution in [0.15, 0.2) is 52.4 Å². The van der Waals surface area contributed by atoms with Gasteiger partial charge in [-0.1, -0.05) is 41.9 Å². The lowest BCUT2D eigenvalue weighted by molar-refractivity contribution is 0.224. The van der Waals surface area contributed by atoms with Crippen LogP contribution >= 0.6 is 11.6 Å². The van der Waals surface area contributed by atoms with Crippen molar-refractivity contribution in [2.75, 3.05) is 12.0 Å². The van der Waals surface area contributed by atoms with Crippen LogP contribution in [-0.2, 0) is 0 Å². The lowest BCUT2D eigenvalue weighted by Gasteiger charge is -2.15. The standard InChI is InChI=1S/C23H22ClN5O3/c1-4-31-19-10-16(18(24)11-20(19)32-14(2)3)13-26-29-23-27-21(15-8-6-5-7-9-15)17(12-25)22(30)28-23/h5-11,13-14H,4H2,1-3H3,(H2,27,28,29,30). The van der Waals surface area contributed by atoms with Gasteiger partial charge in [-0.2, -0.15) is 10.4 Å². The van der Waals surface area contributed by atoms with Crippen molar-refractivity contribution in [3.8, 4) is 28.8 Å². The number of aromatic nitrogens is 2. The molecule has 0 fully saturated rings. The Labute approximate surface area is 190 Å². The van der Waals surface area contributed by atoms with E-state index in [1.54, 1.807) is 36.4 Å². The number of hydrogen-bond acceptors (Lipinski definition) is 7. The molecule has 0 aliphatic rings. The van der Waals surface area contributed by atoms with E-state index in [0.717, 1.165) is 0 Å². The summed E-state index contributed by atoms with van der Waals surface area (Å²) in [5.74, 6) is 1.18. The van der Waals surface area contributed by atoms with Gasteiger partial charge in [-0.05, 0) is 26.8 Å². The average molecular weight is 452 g/mol. The predicted molar refractivity (Wildman–Crippen MR) is 125 cm³/mol. The van der Waals surface area contributed by atoms with E-state index in [1.165, 1.54) is 6.21 Å². The fraction of sp³-hybridized carbons (Fsp3) is 0.217. The zero-order chi connectivity index (χ0) is 23.1. The highest BCUT2D eigenvalue weighted by atomic mass is 35.5. The van der Waals surface area contributed by atoms with Gasteiger partial charge in [0.2, 0.25) is 5.95 Å². The lowest BCUT2D eigenvalue weighted by atomic mass is 10.1. The third kappa shape index (κ3) is 5.45. The topological polar surface area (TPSA) is 112 Å². The normalized spacial score (nSPS) is 10.9. The van der Waals surface area contributed by atoms with Gasteiger partial charge in [0, 0.05) is 17.2 Å². The molecular weight excluding hydrogens is 430 g/mol. The second-order valence-electron chi connectivity index (χ2n) is 6.91. The van der Waals surface area contributed by atoms with Gasteiger partial charge in [0.25, 0.3) is 5.56 Å². The summed E-state index contributed by atoms with van der Waals surface area (Å²) >= 11 is 6.37. The first kappa shape index (κ1) is 22.8. The monoisotopic (exact) mass is 451 g/mol. The Balaban J connectivity index is 1.89. The van der Waals surface area contributed by atoms with Crippen molar-refractivity contribution in [2.45, 2.75) is 26.9 Å². The van der Waals surface area contributed by atoms with Gasteiger partial charge in [0.05, 0.1) is 29.6 Å². The molecule has 164 valence electrons. The van der Waals surface area contributed by atoms with Crippen molar-refractivity contribution in [2.24, 2.45) is 5.10 Å². The Kier molecular flexibility index (Phi) is 7.47. The predicted octanol–water partition coefficient (Wildman–Crippen LogP) is 4.59. The molecule has 0 saturated carbocycles. The first-order valence-electron chi connectivity index (χ1n) is 9.94. The molecule has 9 heteroatoms. The maximum absolute atomic E-state index is 12.3. The van der Waals surface area contributed by atoms with Crippen molar-refractivity contribution >= 4 is 23.8 Å². The van der Waals surface area contributed by atoms with Crippen LogP contribution in [0, 0.1) is 11.3 Å². The quantitative estimate of drug-likeness (QED) is 0.382. The van der Waals surface area contributed by atoms with E-state index in [2.05, 4.69) is 20.5 Å². The third-order valence-electron chi connectivity index (χ3n) is 4.18. The Morgan fingerprint density at radius 2 is 2.03 bits per heavy atom. The molecule has 0 atom stereocenters. The molecule has 3 rings (SSSR count). The Bertz CT molecular complexity index is 1220. The van der Waals surface area contributed by atoms with Gasteiger partial charge in [0.15, 0.2) is 11.5 Å². The van der Waals surface area contributed by atoms with Gasteiger partial charge in [0.1, 0.15) is 11.6 Å². The molecule has 0 aliphatic heterocycles. The lowest BCUT2D eigenvalue weighted by Crippen LogP contribution is -2.16. The minimum absolute atomic E-state index is 0.0375. The molecule has 2 aromatic carbocycles. The van der Waals surface area contributed by atoms with Crippen LogP contribution in [0.1, 0.15) is 31.9 Å². The number of hydrogen-bond donors (Lipinski definition) is 2. The average Bonchev–Trinajstić information content (AvgIpc) is 2.76. The van der Waals surface area contributed by atoms with E-state index in [-0.39, 0.29) is 23.3 Å². The van der Waals surface area contributed by atoms with Crippen LogP contribution < -0.4 is 20.5 Å². The number of benzene rings is 2. The molecule has 0 radical (unpaired) electrons. The van der Waals surface area contributed by atoms with Crippen LogP contribution in [0.2, 0.25) is 5.02 Å². The van der Waals surface area contributed by atoms with Crippen molar-refractivity contribution in [1.29, 1.82) is 5.26 Å². The van der Waals surface area contributed by atoms with Gasteiger partial charge >= 0.3 is 0 Å². The summed E-state index contributed by atoms with van der Waals surface area (Å²) in [5, 5.41) is 13.9. The Hall–Kier alpha value is -3.83. The fourth-order valence-corrected chi connectivity index (χ4v) is 3.06. The Morgan fingerprint density at radius 3 is 2.69 bits per heavy atom. The summed E-state index contributed by atoms with van der Waals surface area (Å²) in [6.07, 6.45) is 1.44. The molecule has 2 N–H and O–H groups in total. The van der Waals surface area contributed by atoms with Gasteiger partial charge < -0.3 is 9.47 Å². The highest BCUT2D eigenvalue weighted by molar-refractivity contribution is 6.33. The summed E-state index contributed by atoms with van der Waals surface area (Å²) in [6.45, 7) is 6.17. The first-order chi connectivity index (χ1) is 15.4. The second-order valence-corrected chi connectivity index (χ2v) is 7.31. The summed E-state index contributed by atoms with van der Waals surface area (Å²) in [5.41, 5.74) is 3.54. The SMILES string of the molecule is CCOc1cc(C=NNc2nc(-c3ccccc3)c(C#N)c(=O)[nH]2)c(Cl)cc1OC(C)C. The zero-order valence-electron chi connectivity index (χ0n) is 17.8. The fourth-order valence-electron chi connectivity index (χ4n) is 2.86. The number of halogens is 1. The zero-order valence-corrected chi connectivity index (χ0v) is 18.6. The van der Waals surface area contributed by atoms with Crippen molar-refractivity contribution in [1.82, 2.24) is 9.97 Å². The number of aromatic amines is 1. The summed E-state index contributed by atoms with van der Waals surface area (Å²) in [6, 6.07) is 14.3. The Morgan fingerprint density at radius 1 is 1.28 bits per heavy atom. The van der Waals surface area contributed by atoms with E-state index < -0.39 is 5.56 Å². The summed E-state index contributed by atoms with van der Waals surface area (Å²) in [7, 11) is 0. The van der Waals surface area contributed by atoms with E-state index in [1.807, 2.05) is 32.9 Å². The summed E-state index contributed by atoms with van der Waals surface area (Å²) in [4.78, 5) is 19.2. The smallest absolute Gasteiger partial charge is 0.270 e. The molecule has 0 amide bonds. The number of nitrogens with zero attached hydrogens (tertiary/aromatic N) is 3. The molecule has 0 aliphatic carbocycles. The van der Waals surface area contributed by atoms with Gasteiger partial charge in [-0.15, -0.1) is 0 Å². The van der Waals surface area contributed by atoms with Gasteiger partial charge in [-0.3, -0.25) is 9.78 Å². The van der Waals surface area contributed by atoms with E-state index in [9.17, 15) is 10.1 Å². The number of hydrazone groups is 1. The number of anilines is 1. The maximum Gasteiger partial charge on any atom is 0.270 e. The molecule has 0 unspecified atom stereocenters. The molecule has 1 heterocycles. The van der Waals surface area contributed by atoms with Crippen LogP contribution in [0.3, 0.4) is 0 Å². The molecule has 1 aromatic heterocycles. The van der Waals surface area contributed by atoms with E-state index in [0.29, 0.717) is 34.3 Å². The molecule has 0 bridgehead atoms. The molecular formula is C23H22ClN5O3.